The highest BCUT2D eigenvalue weighted by molar-refractivity contribution is 7.12. The van der Waals surface area contributed by atoms with Gasteiger partial charge in [0, 0.05) is 25.8 Å². The number of hydrogen-bond donors (Lipinski definition) is 0. The van der Waals surface area contributed by atoms with E-state index in [1.54, 1.807) is 23.6 Å². The van der Waals surface area contributed by atoms with Crippen LogP contribution in [-0.2, 0) is 17.6 Å². The van der Waals surface area contributed by atoms with Gasteiger partial charge in [-0.2, -0.15) is 0 Å². The topological polar surface area (TPSA) is 62.7 Å². The quantitative estimate of drug-likeness (QED) is 0.732. The normalized spacial score (nSPS) is 21.2. The maximum Gasteiger partial charge on any atom is 0.265 e. The van der Waals surface area contributed by atoms with Crippen molar-refractivity contribution >= 4 is 34.7 Å². The van der Waals surface area contributed by atoms with Gasteiger partial charge in [0.1, 0.15) is 4.88 Å². The molecule has 1 aliphatic carbocycles. The number of rotatable bonds is 2. The van der Waals surface area contributed by atoms with Gasteiger partial charge in [0.05, 0.1) is 23.6 Å². The first-order valence-electron chi connectivity index (χ1n) is 10.4. The summed E-state index contributed by atoms with van der Waals surface area (Å²) in [7, 11) is 0. The highest BCUT2D eigenvalue weighted by atomic mass is 32.1. The van der Waals surface area contributed by atoms with E-state index < -0.39 is 0 Å². The van der Waals surface area contributed by atoms with Crippen LogP contribution in [0.25, 0.3) is 0 Å². The number of likely N-dealkylation sites (tertiary alicyclic amines) is 1. The first kappa shape index (κ1) is 19.2. The lowest BCUT2D eigenvalue weighted by Gasteiger charge is -2.47. The van der Waals surface area contributed by atoms with E-state index in [4.69, 9.17) is 4.74 Å². The van der Waals surface area contributed by atoms with Gasteiger partial charge in [0.15, 0.2) is 0 Å². The minimum Gasteiger partial charge on any atom is -0.371 e. The van der Waals surface area contributed by atoms with E-state index in [1.807, 2.05) is 9.80 Å². The van der Waals surface area contributed by atoms with Crippen molar-refractivity contribution in [3.63, 3.8) is 0 Å². The summed E-state index contributed by atoms with van der Waals surface area (Å²) in [4.78, 5) is 31.4. The zero-order valence-electron chi connectivity index (χ0n) is 16.4. The van der Waals surface area contributed by atoms with Crippen LogP contribution in [0.2, 0.25) is 0 Å². The molecule has 0 atom stereocenters. The van der Waals surface area contributed by atoms with E-state index in [9.17, 15) is 9.59 Å². The average Bonchev–Trinajstić information content (AvgIpc) is 3.44. The first-order chi connectivity index (χ1) is 14.2. The minimum atomic E-state index is -0.329. The molecule has 0 unspecified atom stereocenters. The summed E-state index contributed by atoms with van der Waals surface area (Å²) in [6.07, 6.45) is 7.79. The highest BCUT2D eigenvalue weighted by Crippen LogP contribution is 2.34. The third kappa shape index (κ3) is 3.62. The van der Waals surface area contributed by atoms with Crippen molar-refractivity contribution in [3.8, 4) is 0 Å². The molecule has 0 aromatic carbocycles. The number of aryl methyl sites for hydroxylation is 1. The molecular weight excluding hydrogens is 406 g/mol. The summed E-state index contributed by atoms with van der Waals surface area (Å²) in [5.74, 6) is 0.222. The number of thiophene rings is 1. The number of morpholine rings is 1. The number of fused-ring (bicyclic) bond motifs is 1. The molecular formula is C21H25N3O3S2. The Labute approximate surface area is 178 Å². The Morgan fingerprint density at radius 2 is 1.90 bits per heavy atom. The summed E-state index contributed by atoms with van der Waals surface area (Å²) < 4.78 is 10.2. The molecule has 5 rings (SSSR count). The van der Waals surface area contributed by atoms with Crippen LogP contribution in [0.3, 0.4) is 0 Å². The van der Waals surface area contributed by atoms with Gasteiger partial charge in [-0.3, -0.25) is 9.59 Å². The fourth-order valence-corrected chi connectivity index (χ4v) is 6.45. The van der Waals surface area contributed by atoms with Gasteiger partial charge >= 0.3 is 0 Å². The molecule has 6 nitrogen and oxygen atoms in total. The minimum absolute atomic E-state index is 0.0406. The molecule has 2 aliphatic heterocycles. The number of aromatic nitrogens is 1. The molecule has 8 heteroatoms. The van der Waals surface area contributed by atoms with Crippen LogP contribution < -0.4 is 0 Å². The third-order valence-corrected chi connectivity index (χ3v) is 8.24. The zero-order valence-corrected chi connectivity index (χ0v) is 18.0. The van der Waals surface area contributed by atoms with Crippen molar-refractivity contribution in [3.05, 3.63) is 38.5 Å². The Bertz CT molecular complexity index is 900. The summed E-state index contributed by atoms with van der Waals surface area (Å²) in [5.41, 5.74) is 2.34. The van der Waals surface area contributed by atoms with Gasteiger partial charge in [-0.1, -0.05) is 0 Å². The Balaban J connectivity index is 1.24. The van der Waals surface area contributed by atoms with Crippen molar-refractivity contribution in [1.29, 1.82) is 0 Å². The Morgan fingerprint density at radius 3 is 2.69 bits per heavy atom. The molecule has 2 amide bonds. The fraction of sp³-hybridized carbons (Fsp3) is 0.571. The molecule has 3 aliphatic rings. The lowest BCUT2D eigenvalue weighted by molar-refractivity contribution is -0.123. The zero-order chi connectivity index (χ0) is 19.8. The number of hydrogen-bond acceptors (Lipinski definition) is 6. The Hall–Kier alpha value is -1.77. The van der Waals surface area contributed by atoms with Crippen molar-refractivity contribution in [2.45, 2.75) is 44.1 Å². The molecule has 2 aromatic heterocycles. The maximum atomic E-state index is 13.2. The molecule has 29 heavy (non-hydrogen) atoms. The number of carbonyl (C=O) groups is 2. The molecule has 1 spiro atoms. The van der Waals surface area contributed by atoms with Crippen LogP contribution in [0.1, 0.15) is 56.2 Å². The number of carbonyl (C=O) groups excluding carboxylic acids is 2. The van der Waals surface area contributed by atoms with Crippen LogP contribution in [0.5, 0.6) is 0 Å². The second-order valence-electron chi connectivity index (χ2n) is 8.20. The van der Waals surface area contributed by atoms with Crippen LogP contribution in [0, 0.1) is 0 Å². The van der Waals surface area contributed by atoms with Crippen molar-refractivity contribution in [2.75, 3.05) is 32.8 Å². The Kier molecular flexibility index (Phi) is 5.17. The SMILES string of the molecule is O=C(c1ccns1)N1CCOC2(CCN(C(=O)c3scc4c3CCCC4)CC2)C1. The van der Waals surface area contributed by atoms with Gasteiger partial charge < -0.3 is 14.5 Å². The predicted octanol–water partition coefficient (Wildman–Crippen LogP) is 3.23. The van der Waals surface area contributed by atoms with Crippen molar-refractivity contribution in [1.82, 2.24) is 14.2 Å². The maximum absolute atomic E-state index is 13.2. The van der Waals surface area contributed by atoms with Crippen LogP contribution in [-0.4, -0.2) is 64.4 Å². The number of piperidine rings is 1. The summed E-state index contributed by atoms with van der Waals surface area (Å²) in [6.45, 7) is 3.14. The number of amides is 2. The molecule has 0 bridgehead atoms. The standard InChI is InChI=1S/C21H25N3O3S2/c25-19(17-5-8-22-29-17)24-11-12-27-21(14-24)6-9-23(10-7-21)20(26)18-16-4-2-1-3-15(16)13-28-18/h5,8,13H,1-4,6-7,9-12,14H2. The van der Waals surface area contributed by atoms with Crippen molar-refractivity contribution in [2.24, 2.45) is 0 Å². The van der Waals surface area contributed by atoms with Crippen molar-refractivity contribution < 1.29 is 14.3 Å². The van der Waals surface area contributed by atoms with E-state index in [2.05, 4.69) is 9.75 Å². The third-order valence-electron chi connectivity index (χ3n) is 6.44. The molecule has 2 saturated heterocycles. The number of ether oxygens (including phenoxy) is 1. The lowest BCUT2D eigenvalue weighted by atomic mass is 9.88. The van der Waals surface area contributed by atoms with Crippen LogP contribution in [0.15, 0.2) is 17.6 Å². The average molecular weight is 432 g/mol. The monoisotopic (exact) mass is 431 g/mol. The van der Waals surface area contributed by atoms with Gasteiger partial charge in [0.25, 0.3) is 11.8 Å². The molecule has 154 valence electrons. The van der Waals surface area contributed by atoms with Gasteiger partial charge in [0.2, 0.25) is 0 Å². The largest absolute Gasteiger partial charge is 0.371 e. The highest BCUT2D eigenvalue weighted by Gasteiger charge is 2.42. The molecule has 4 heterocycles. The summed E-state index contributed by atoms with van der Waals surface area (Å²) in [5, 5.41) is 2.18. The van der Waals surface area contributed by atoms with Gasteiger partial charge in [-0.15, -0.1) is 11.3 Å². The summed E-state index contributed by atoms with van der Waals surface area (Å²) in [6, 6.07) is 1.78. The van der Waals surface area contributed by atoms with Gasteiger partial charge in [-0.05, 0) is 72.6 Å². The summed E-state index contributed by atoms with van der Waals surface area (Å²) >= 11 is 2.86. The smallest absolute Gasteiger partial charge is 0.265 e. The molecule has 2 aromatic rings. The lowest BCUT2D eigenvalue weighted by Crippen LogP contribution is -2.58. The van der Waals surface area contributed by atoms with E-state index >= 15 is 0 Å². The number of nitrogens with zero attached hydrogens (tertiary/aromatic N) is 3. The van der Waals surface area contributed by atoms with E-state index in [1.165, 1.54) is 35.5 Å². The molecule has 0 radical (unpaired) electrons. The van der Waals surface area contributed by atoms with Gasteiger partial charge in [-0.25, -0.2) is 4.37 Å². The fourth-order valence-electron chi connectivity index (χ4n) is 4.76. The Morgan fingerprint density at radius 1 is 1.07 bits per heavy atom. The predicted molar refractivity (Wildman–Crippen MR) is 113 cm³/mol. The molecule has 2 fully saturated rings. The molecule has 0 N–H and O–H groups in total. The van der Waals surface area contributed by atoms with Crippen LogP contribution >= 0.6 is 22.9 Å². The van der Waals surface area contributed by atoms with E-state index in [0.29, 0.717) is 37.7 Å². The van der Waals surface area contributed by atoms with Crippen LogP contribution in [0.4, 0.5) is 0 Å². The first-order valence-corrected chi connectivity index (χ1v) is 12.0. The molecule has 0 saturated carbocycles. The van der Waals surface area contributed by atoms with E-state index in [0.717, 1.165) is 30.6 Å². The van der Waals surface area contributed by atoms with E-state index in [-0.39, 0.29) is 17.4 Å². The second kappa shape index (κ2) is 7.81. The second-order valence-corrected chi connectivity index (χ2v) is 9.92.